The second-order valence-corrected chi connectivity index (χ2v) is 9.89. The molecular weight excluding hydrogens is 520 g/mol. The summed E-state index contributed by atoms with van der Waals surface area (Å²) in [5.41, 5.74) is 3.08. The van der Waals surface area contributed by atoms with Gasteiger partial charge in [-0.1, -0.05) is 78.9 Å². The summed E-state index contributed by atoms with van der Waals surface area (Å²) in [5, 5.41) is 8.13. The van der Waals surface area contributed by atoms with E-state index in [9.17, 15) is 19.2 Å². The molecule has 0 bridgehead atoms. The number of carbonyl (C=O) groups excluding carboxylic acids is 4. The van der Waals surface area contributed by atoms with Crippen molar-refractivity contribution in [1.82, 2.24) is 14.8 Å². The lowest BCUT2D eigenvalue weighted by Crippen LogP contribution is -2.42. The average molecular weight is 547 g/mol. The molecule has 1 atom stereocenters. The molecule has 2 heterocycles. The van der Waals surface area contributed by atoms with Crippen LogP contribution in [0.2, 0.25) is 0 Å². The molecule has 1 unspecified atom stereocenters. The third-order valence-electron chi connectivity index (χ3n) is 7.36. The summed E-state index contributed by atoms with van der Waals surface area (Å²) >= 11 is 0. The maximum atomic E-state index is 13.7. The van der Waals surface area contributed by atoms with Crippen molar-refractivity contribution in [1.29, 1.82) is 0 Å². The van der Waals surface area contributed by atoms with Crippen LogP contribution in [0, 0.1) is 0 Å². The first-order chi connectivity index (χ1) is 19.9. The minimum atomic E-state index is -1.03. The van der Waals surface area contributed by atoms with Gasteiger partial charge in [0.05, 0.1) is 25.4 Å². The van der Waals surface area contributed by atoms with Gasteiger partial charge in [-0.05, 0) is 45.7 Å². The Balaban J connectivity index is 1.28. The van der Waals surface area contributed by atoms with Gasteiger partial charge in [0, 0.05) is 6.42 Å². The summed E-state index contributed by atoms with van der Waals surface area (Å²) in [7, 11) is 1.58. The Bertz CT molecular complexity index is 1700. The zero-order valence-corrected chi connectivity index (χ0v) is 22.3. The van der Waals surface area contributed by atoms with Crippen LogP contribution in [-0.4, -0.2) is 57.9 Å². The van der Waals surface area contributed by atoms with E-state index in [1.54, 1.807) is 43.5 Å². The van der Waals surface area contributed by atoms with Crippen molar-refractivity contribution in [2.24, 2.45) is 5.10 Å². The predicted octanol–water partition coefficient (Wildman–Crippen LogP) is 4.52. The zero-order valence-electron chi connectivity index (χ0n) is 22.3. The van der Waals surface area contributed by atoms with Crippen LogP contribution >= 0.6 is 0 Å². The summed E-state index contributed by atoms with van der Waals surface area (Å²) < 4.78 is 5.28. The number of nitrogens with zero attached hydrogens (tertiary/aromatic N) is 4. The summed E-state index contributed by atoms with van der Waals surface area (Å²) in [5.74, 6) is -1.89. The molecule has 4 aromatic carbocycles. The highest BCUT2D eigenvalue weighted by Gasteiger charge is 2.46. The third-order valence-corrected chi connectivity index (χ3v) is 7.36. The van der Waals surface area contributed by atoms with Gasteiger partial charge < -0.3 is 4.74 Å². The van der Waals surface area contributed by atoms with Crippen LogP contribution in [0.5, 0.6) is 5.75 Å². The molecule has 1 fully saturated rings. The molecule has 0 radical (unpaired) electrons. The first-order valence-electron chi connectivity index (χ1n) is 13.2. The van der Waals surface area contributed by atoms with E-state index < -0.39 is 36.3 Å². The number of hydrogen-bond donors (Lipinski definition) is 0. The fourth-order valence-corrected chi connectivity index (χ4v) is 5.17. The lowest BCUT2D eigenvalue weighted by Gasteiger charge is -2.24. The second-order valence-electron chi connectivity index (χ2n) is 9.89. The average Bonchev–Trinajstić information content (AvgIpc) is 3.54. The molecule has 41 heavy (non-hydrogen) atoms. The van der Waals surface area contributed by atoms with Gasteiger partial charge in [0.1, 0.15) is 12.3 Å². The van der Waals surface area contributed by atoms with E-state index in [2.05, 4.69) is 5.10 Å². The molecule has 0 saturated carbocycles. The van der Waals surface area contributed by atoms with Gasteiger partial charge >= 0.3 is 17.8 Å². The molecule has 5 amide bonds. The molecule has 0 N–H and O–H groups in total. The molecule has 0 aliphatic carbocycles. The normalized spacial score (nSPS) is 17.0. The predicted molar refractivity (Wildman–Crippen MR) is 152 cm³/mol. The minimum Gasteiger partial charge on any atom is -0.497 e. The number of fused-ring (bicyclic) bond motifs is 1. The highest BCUT2D eigenvalue weighted by atomic mass is 16.5. The van der Waals surface area contributed by atoms with Gasteiger partial charge in [-0.3, -0.25) is 19.3 Å². The zero-order chi connectivity index (χ0) is 28.5. The Morgan fingerprint density at radius 1 is 0.829 bits per heavy atom. The molecule has 204 valence electrons. The lowest BCUT2D eigenvalue weighted by atomic mass is 9.97. The maximum Gasteiger partial charge on any atom is 0.335 e. The molecule has 0 spiro atoms. The van der Waals surface area contributed by atoms with E-state index in [1.807, 2.05) is 60.7 Å². The summed E-state index contributed by atoms with van der Waals surface area (Å²) in [4.78, 5) is 53.8. The van der Waals surface area contributed by atoms with E-state index in [0.29, 0.717) is 28.3 Å². The van der Waals surface area contributed by atoms with Crippen LogP contribution in [0.4, 0.5) is 4.79 Å². The molecule has 0 aromatic heterocycles. The number of benzene rings is 4. The van der Waals surface area contributed by atoms with Crippen molar-refractivity contribution < 1.29 is 23.9 Å². The molecular formula is C32H26N4O5. The number of hydrogen-bond acceptors (Lipinski definition) is 6. The monoisotopic (exact) mass is 546 g/mol. The van der Waals surface area contributed by atoms with E-state index in [1.165, 1.54) is 5.01 Å². The highest BCUT2D eigenvalue weighted by molar-refractivity contribution is 6.45. The number of imide groups is 2. The van der Waals surface area contributed by atoms with Crippen LogP contribution in [0.1, 0.15) is 29.2 Å². The fraction of sp³-hybridized carbons (Fsp3) is 0.156. The Hall–Kier alpha value is -5.31. The van der Waals surface area contributed by atoms with Gasteiger partial charge in [0.2, 0.25) is 0 Å². The van der Waals surface area contributed by atoms with Crippen LogP contribution in [0.25, 0.3) is 10.8 Å². The quantitative estimate of drug-likeness (QED) is 0.251. The first-order valence-corrected chi connectivity index (χ1v) is 13.2. The van der Waals surface area contributed by atoms with Crippen molar-refractivity contribution in [2.45, 2.75) is 19.0 Å². The van der Waals surface area contributed by atoms with E-state index in [0.717, 1.165) is 26.8 Å². The molecule has 6 rings (SSSR count). The Labute approximate surface area is 236 Å². The van der Waals surface area contributed by atoms with Gasteiger partial charge in [-0.2, -0.15) is 5.10 Å². The number of methoxy groups -OCH3 is 1. The number of ether oxygens (including phenoxy) is 1. The number of urea groups is 1. The molecule has 2 aliphatic rings. The van der Waals surface area contributed by atoms with Crippen LogP contribution < -0.4 is 4.74 Å². The van der Waals surface area contributed by atoms with Gasteiger partial charge in [0.25, 0.3) is 5.91 Å². The molecule has 2 aliphatic heterocycles. The molecule has 9 nitrogen and oxygen atoms in total. The van der Waals surface area contributed by atoms with Gasteiger partial charge in [-0.25, -0.2) is 14.7 Å². The van der Waals surface area contributed by atoms with Crippen LogP contribution in [0.15, 0.2) is 102 Å². The van der Waals surface area contributed by atoms with Gasteiger partial charge in [0.15, 0.2) is 0 Å². The van der Waals surface area contributed by atoms with Gasteiger partial charge in [-0.15, -0.1) is 0 Å². The third kappa shape index (κ3) is 4.93. The van der Waals surface area contributed by atoms with Crippen molar-refractivity contribution in [3.63, 3.8) is 0 Å². The van der Waals surface area contributed by atoms with Crippen molar-refractivity contribution in [3.8, 4) is 5.75 Å². The lowest BCUT2D eigenvalue weighted by molar-refractivity contribution is -0.145. The van der Waals surface area contributed by atoms with Crippen molar-refractivity contribution >= 4 is 40.2 Å². The van der Waals surface area contributed by atoms with E-state index >= 15 is 0 Å². The second kappa shape index (κ2) is 10.7. The van der Waals surface area contributed by atoms with Crippen molar-refractivity contribution in [3.05, 3.63) is 114 Å². The van der Waals surface area contributed by atoms with Crippen molar-refractivity contribution in [2.75, 3.05) is 13.7 Å². The Kier molecular flexibility index (Phi) is 6.76. The number of amides is 5. The summed E-state index contributed by atoms with van der Waals surface area (Å²) in [6.45, 7) is -0.659. The molecule has 9 heteroatoms. The first kappa shape index (κ1) is 25.9. The maximum absolute atomic E-state index is 13.7. The Morgan fingerprint density at radius 3 is 2.24 bits per heavy atom. The van der Waals surface area contributed by atoms with E-state index in [-0.39, 0.29) is 6.54 Å². The summed E-state index contributed by atoms with van der Waals surface area (Å²) in [6, 6.07) is 28.9. The van der Waals surface area contributed by atoms with Crippen LogP contribution in [-0.2, 0) is 20.9 Å². The van der Waals surface area contributed by atoms with E-state index in [4.69, 9.17) is 4.74 Å². The number of rotatable bonds is 7. The molecule has 4 aromatic rings. The SMILES string of the molecule is COc1ccc(C2CC(c3ccc4ccccc4c3)=NN2C(=O)CN2C(=O)C(=O)N(Cc3ccccc3)C2=O)cc1. The smallest absolute Gasteiger partial charge is 0.335 e. The molecule has 1 saturated heterocycles. The minimum absolute atomic E-state index is 0.0581. The standard InChI is InChI=1S/C32H26N4O5/c1-41-26-15-13-23(14-16-26)28-18-27(25-12-11-22-9-5-6-10-24(22)17-25)33-36(28)29(37)20-35-31(39)30(38)34(32(35)40)19-21-7-3-2-4-8-21/h2-17,28H,18-20H2,1H3. The highest BCUT2D eigenvalue weighted by Crippen LogP contribution is 2.34. The Morgan fingerprint density at radius 2 is 1.51 bits per heavy atom. The largest absolute Gasteiger partial charge is 0.497 e. The fourth-order valence-electron chi connectivity index (χ4n) is 5.17. The van der Waals surface area contributed by atoms with Crippen LogP contribution in [0.3, 0.4) is 0 Å². The summed E-state index contributed by atoms with van der Waals surface area (Å²) in [6.07, 6.45) is 0.428. The number of hydrazone groups is 1. The topological polar surface area (TPSA) is 99.6 Å². The number of carbonyl (C=O) groups is 4.